The third-order valence-electron chi connectivity index (χ3n) is 5.75. The van der Waals surface area contributed by atoms with E-state index < -0.39 is 11.8 Å². The van der Waals surface area contributed by atoms with Crippen molar-refractivity contribution in [1.82, 2.24) is 25.0 Å². The maximum absolute atomic E-state index is 12.8. The highest BCUT2D eigenvalue weighted by atomic mass is 16.2. The van der Waals surface area contributed by atoms with Gasteiger partial charge in [-0.25, -0.2) is 0 Å². The largest absolute Gasteiger partial charge is 0.352 e. The number of amides is 3. The fourth-order valence-corrected chi connectivity index (χ4v) is 3.97. The zero-order chi connectivity index (χ0) is 22.1. The molecule has 5 rings (SSSR count). The van der Waals surface area contributed by atoms with Crippen molar-refractivity contribution in [2.75, 3.05) is 37.6 Å². The first-order valence-electron chi connectivity index (χ1n) is 10.3. The summed E-state index contributed by atoms with van der Waals surface area (Å²) in [5, 5.41) is 8.63. The number of hydrogen-bond donors (Lipinski definition) is 0. The second-order valence-electron chi connectivity index (χ2n) is 7.62. The fourth-order valence-electron chi connectivity index (χ4n) is 3.97. The van der Waals surface area contributed by atoms with E-state index in [9.17, 15) is 14.4 Å². The molecule has 0 spiro atoms. The Labute approximate surface area is 184 Å². The Kier molecular flexibility index (Phi) is 5.06. The number of aromatic nitrogens is 3. The van der Waals surface area contributed by atoms with E-state index in [-0.39, 0.29) is 12.5 Å². The van der Waals surface area contributed by atoms with Gasteiger partial charge in [0.25, 0.3) is 11.8 Å². The molecule has 2 aromatic heterocycles. The van der Waals surface area contributed by atoms with Crippen LogP contribution < -0.4 is 4.90 Å². The molecule has 0 atom stereocenters. The molecule has 9 heteroatoms. The van der Waals surface area contributed by atoms with Crippen LogP contribution in [0.3, 0.4) is 0 Å². The summed E-state index contributed by atoms with van der Waals surface area (Å²) < 4.78 is 0. The molecule has 3 aromatic rings. The lowest BCUT2D eigenvalue weighted by atomic mass is 10.1. The number of carbonyl (C=O) groups is 3. The Balaban J connectivity index is 1.19. The van der Waals surface area contributed by atoms with Gasteiger partial charge in [-0.1, -0.05) is 12.1 Å². The molecular formula is C23H20N6O3. The number of piperazine rings is 1. The van der Waals surface area contributed by atoms with Gasteiger partial charge in [0.15, 0.2) is 5.82 Å². The first-order valence-corrected chi connectivity index (χ1v) is 10.3. The molecule has 2 aliphatic rings. The lowest BCUT2D eigenvalue weighted by Crippen LogP contribution is -2.52. The predicted molar refractivity (Wildman–Crippen MR) is 116 cm³/mol. The van der Waals surface area contributed by atoms with Crippen molar-refractivity contribution in [3.63, 3.8) is 0 Å². The number of nitrogens with zero attached hydrogens (tertiary/aromatic N) is 6. The smallest absolute Gasteiger partial charge is 0.262 e. The van der Waals surface area contributed by atoms with Crippen molar-refractivity contribution in [2.24, 2.45) is 0 Å². The topological polar surface area (TPSA) is 99.6 Å². The molecule has 2 aliphatic heterocycles. The molecule has 0 aliphatic carbocycles. The van der Waals surface area contributed by atoms with Crippen LogP contribution in [-0.2, 0) is 4.79 Å². The lowest BCUT2D eigenvalue weighted by molar-refractivity contribution is -0.131. The minimum Gasteiger partial charge on any atom is -0.352 e. The van der Waals surface area contributed by atoms with Crippen molar-refractivity contribution in [3.8, 4) is 11.3 Å². The van der Waals surface area contributed by atoms with E-state index in [0.717, 1.165) is 22.0 Å². The molecule has 1 aromatic carbocycles. The number of rotatable bonds is 4. The average molecular weight is 428 g/mol. The van der Waals surface area contributed by atoms with Crippen LogP contribution in [0.5, 0.6) is 0 Å². The highest BCUT2D eigenvalue weighted by Crippen LogP contribution is 2.23. The van der Waals surface area contributed by atoms with Crippen molar-refractivity contribution in [3.05, 3.63) is 72.1 Å². The molecule has 4 heterocycles. The lowest BCUT2D eigenvalue weighted by Gasteiger charge is -2.35. The van der Waals surface area contributed by atoms with Gasteiger partial charge in [0.1, 0.15) is 6.54 Å². The Bertz CT molecular complexity index is 1140. The highest BCUT2D eigenvalue weighted by molar-refractivity contribution is 6.22. The SMILES string of the molecule is O=C(CN1C(=O)c2ccccc2C1=O)N1CCN(c2ccc(-c3ccncc3)nn2)CC1. The monoisotopic (exact) mass is 428 g/mol. The van der Waals surface area contributed by atoms with E-state index in [1.807, 2.05) is 24.3 Å². The van der Waals surface area contributed by atoms with Crippen LogP contribution in [0.15, 0.2) is 60.9 Å². The molecular weight excluding hydrogens is 408 g/mol. The second-order valence-corrected chi connectivity index (χ2v) is 7.62. The van der Waals surface area contributed by atoms with Gasteiger partial charge in [-0.15, -0.1) is 10.2 Å². The van der Waals surface area contributed by atoms with Gasteiger partial charge < -0.3 is 9.80 Å². The van der Waals surface area contributed by atoms with E-state index in [4.69, 9.17) is 0 Å². The number of imide groups is 1. The minimum absolute atomic E-state index is 0.238. The number of hydrogen-bond acceptors (Lipinski definition) is 7. The highest BCUT2D eigenvalue weighted by Gasteiger charge is 2.37. The Hall–Kier alpha value is -4.14. The molecule has 0 unspecified atom stereocenters. The van der Waals surface area contributed by atoms with Crippen LogP contribution in [0.25, 0.3) is 11.3 Å². The van der Waals surface area contributed by atoms with Crippen LogP contribution in [0, 0.1) is 0 Å². The molecule has 3 amide bonds. The predicted octanol–water partition coefficient (Wildman–Crippen LogP) is 1.48. The quantitative estimate of drug-likeness (QED) is 0.581. The van der Waals surface area contributed by atoms with Crippen molar-refractivity contribution in [1.29, 1.82) is 0 Å². The number of benzene rings is 1. The van der Waals surface area contributed by atoms with Crippen LogP contribution in [0.1, 0.15) is 20.7 Å². The van der Waals surface area contributed by atoms with Crippen molar-refractivity contribution < 1.29 is 14.4 Å². The first-order chi connectivity index (χ1) is 15.6. The molecule has 0 N–H and O–H groups in total. The summed E-state index contributed by atoms with van der Waals surface area (Å²) in [7, 11) is 0. The second kappa shape index (κ2) is 8.18. The summed E-state index contributed by atoms with van der Waals surface area (Å²) in [5.74, 6) is -0.321. The number of pyridine rings is 1. The fraction of sp³-hybridized carbons (Fsp3) is 0.217. The summed E-state index contributed by atoms with van der Waals surface area (Å²) >= 11 is 0. The Morgan fingerprint density at radius 2 is 1.47 bits per heavy atom. The van der Waals surface area contributed by atoms with Gasteiger partial charge in [-0.05, 0) is 36.4 Å². The van der Waals surface area contributed by atoms with Crippen LogP contribution in [0.2, 0.25) is 0 Å². The van der Waals surface area contributed by atoms with E-state index in [0.29, 0.717) is 37.3 Å². The van der Waals surface area contributed by atoms with E-state index in [1.54, 1.807) is 41.6 Å². The van der Waals surface area contributed by atoms with Gasteiger partial charge in [-0.3, -0.25) is 24.3 Å². The van der Waals surface area contributed by atoms with Gasteiger partial charge in [0, 0.05) is 44.1 Å². The van der Waals surface area contributed by atoms with E-state index in [2.05, 4.69) is 20.1 Å². The summed E-state index contributed by atoms with van der Waals surface area (Å²) in [6, 6.07) is 14.2. The molecule has 0 bridgehead atoms. The zero-order valence-corrected chi connectivity index (χ0v) is 17.2. The minimum atomic E-state index is -0.415. The number of anilines is 1. The standard InChI is InChI=1S/C23H20N6O3/c30-21(15-29-22(31)17-3-1-2-4-18(17)23(29)32)28-13-11-27(12-14-28)20-6-5-19(25-26-20)16-7-9-24-10-8-16/h1-10H,11-15H2. The Morgan fingerprint density at radius 3 is 2.06 bits per heavy atom. The molecule has 0 saturated carbocycles. The zero-order valence-electron chi connectivity index (χ0n) is 17.2. The summed E-state index contributed by atoms with van der Waals surface area (Å²) in [5.41, 5.74) is 2.42. The first kappa shape index (κ1) is 19.8. The molecule has 9 nitrogen and oxygen atoms in total. The Morgan fingerprint density at radius 1 is 0.812 bits per heavy atom. The van der Waals surface area contributed by atoms with Gasteiger partial charge >= 0.3 is 0 Å². The van der Waals surface area contributed by atoms with Crippen LogP contribution in [0.4, 0.5) is 5.82 Å². The maximum atomic E-state index is 12.8. The van der Waals surface area contributed by atoms with E-state index >= 15 is 0 Å². The molecule has 160 valence electrons. The van der Waals surface area contributed by atoms with Gasteiger partial charge in [0.2, 0.25) is 5.91 Å². The molecule has 32 heavy (non-hydrogen) atoms. The third-order valence-corrected chi connectivity index (χ3v) is 5.75. The van der Waals surface area contributed by atoms with Crippen molar-refractivity contribution >= 4 is 23.5 Å². The molecule has 1 saturated heterocycles. The third kappa shape index (κ3) is 3.58. The maximum Gasteiger partial charge on any atom is 0.262 e. The molecule has 0 radical (unpaired) electrons. The number of fused-ring (bicyclic) bond motifs is 1. The van der Waals surface area contributed by atoms with E-state index in [1.165, 1.54) is 0 Å². The summed E-state index contributed by atoms with van der Waals surface area (Å²) in [6.45, 7) is 1.91. The van der Waals surface area contributed by atoms with Gasteiger partial charge in [-0.2, -0.15) is 0 Å². The van der Waals surface area contributed by atoms with Crippen LogP contribution >= 0.6 is 0 Å². The molecule has 1 fully saturated rings. The van der Waals surface area contributed by atoms with Crippen LogP contribution in [-0.4, -0.2) is 75.4 Å². The normalized spacial score (nSPS) is 15.8. The summed E-state index contributed by atoms with van der Waals surface area (Å²) in [4.78, 5) is 46.5. The van der Waals surface area contributed by atoms with Gasteiger partial charge in [0.05, 0.1) is 16.8 Å². The van der Waals surface area contributed by atoms with Crippen molar-refractivity contribution in [2.45, 2.75) is 0 Å². The number of carbonyl (C=O) groups excluding carboxylic acids is 3. The average Bonchev–Trinajstić information content (AvgIpc) is 3.10. The summed E-state index contributed by atoms with van der Waals surface area (Å²) in [6.07, 6.45) is 3.42.